The van der Waals surface area contributed by atoms with E-state index in [1.807, 2.05) is 36.4 Å². The van der Waals surface area contributed by atoms with Gasteiger partial charge in [-0.1, -0.05) is 12.1 Å². The van der Waals surface area contributed by atoms with Crippen LogP contribution in [0.2, 0.25) is 0 Å². The van der Waals surface area contributed by atoms with Gasteiger partial charge in [0.25, 0.3) is 0 Å². The average molecular weight is 156 g/mol. The van der Waals surface area contributed by atoms with E-state index in [2.05, 4.69) is 9.97 Å². The Kier molecular flexibility index (Phi) is 1.82. The molecule has 0 amide bonds. The van der Waals surface area contributed by atoms with E-state index in [4.69, 9.17) is 0 Å². The summed E-state index contributed by atoms with van der Waals surface area (Å²) in [5.74, 6) is 0. The van der Waals surface area contributed by atoms with Gasteiger partial charge in [0, 0.05) is 12.4 Å². The van der Waals surface area contributed by atoms with Crippen LogP contribution in [0.3, 0.4) is 0 Å². The smallest absolute Gasteiger partial charge is 0.0894 e. The standard InChI is InChI=1S/C5H3N.C5H5N/c1-2-4-5(3-1)6-4;1-2-4-6-5-3-1/h1-3H;1-5H. The number of fused-ring (bicyclic) bond motifs is 1. The number of hydrogen-bond acceptors (Lipinski definition) is 2. The molecular formula is C10H8N2. The molecule has 0 fully saturated rings. The minimum absolute atomic E-state index is 1.18. The Morgan fingerprint density at radius 1 is 0.750 bits per heavy atom. The highest BCUT2D eigenvalue weighted by atomic mass is 14.9. The first-order valence-corrected chi connectivity index (χ1v) is 3.79. The SMILES string of the molecule is c1cc2nc-2c1.c1ccncc1. The molecule has 1 aliphatic carbocycles. The minimum atomic E-state index is 1.18. The van der Waals surface area contributed by atoms with Crippen LogP contribution >= 0.6 is 0 Å². The van der Waals surface area contributed by atoms with Crippen molar-refractivity contribution in [2.75, 3.05) is 0 Å². The van der Waals surface area contributed by atoms with E-state index < -0.39 is 0 Å². The second kappa shape index (κ2) is 3.13. The van der Waals surface area contributed by atoms with E-state index in [0.717, 1.165) is 0 Å². The first-order valence-electron chi connectivity index (χ1n) is 3.79. The summed E-state index contributed by atoms with van der Waals surface area (Å²) in [6.45, 7) is 0. The van der Waals surface area contributed by atoms with Crippen LogP contribution in [0.4, 0.5) is 0 Å². The van der Waals surface area contributed by atoms with Crippen molar-refractivity contribution >= 4 is 0 Å². The molecule has 1 aromatic heterocycles. The summed E-state index contributed by atoms with van der Waals surface area (Å²) in [5.41, 5.74) is 2.35. The molecule has 0 spiro atoms. The first kappa shape index (κ1) is 6.98. The van der Waals surface area contributed by atoms with Gasteiger partial charge in [0.2, 0.25) is 0 Å². The highest BCUT2D eigenvalue weighted by molar-refractivity contribution is 5.67. The fourth-order valence-electron chi connectivity index (χ4n) is 0.890. The van der Waals surface area contributed by atoms with E-state index in [0.29, 0.717) is 0 Å². The molecule has 3 rings (SSSR count). The van der Waals surface area contributed by atoms with E-state index in [1.54, 1.807) is 12.4 Å². The van der Waals surface area contributed by atoms with Crippen LogP contribution in [0.5, 0.6) is 0 Å². The van der Waals surface area contributed by atoms with Crippen molar-refractivity contribution in [3.8, 4) is 11.4 Å². The lowest BCUT2D eigenvalue weighted by Gasteiger charge is -1.70. The second-order valence-electron chi connectivity index (χ2n) is 2.43. The highest BCUT2D eigenvalue weighted by Crippen LogP contribution is 2.25. The zero-order valence-corrected chi connectivity index (χ0v) is 6.51. The third kappa shape index (κ3) is 1.66. The Morgan fingerprint density at radius 2 is 1.42 bits per heavy atom. The number of rotatable bonds is 0. The summed E-state index contributed by atoms with van der Waals surface area (Å²) in [5, 5.41) is 0. The van der Waals surface area contributed by atoms with Crippen molar-refractivity contribution in [1.82, 2.24) is 9.97 Å². The van der Waals surface area contributed by atoms with Gasteiger partial charge in [0.1, 0.15) is 0 Å². The predicted octanol–water partition coefficient (Wildman–Crippen LogP) is 2.14. The van der Waals surface area contributed by atoms with Crippen molar-refractivity contribution in [2.24, 2.45) is 0 Å². The molecule has 0 saturated carbocycles. The summed E-state index contributed by atoms with van der Waals surface area (Å²) in [7, 11) is 0. The minimum Gasteiger partial charge on any atom is -0.265 e. The zero-order chi connectivity index (χ0) is 8.23. The van der Waals surface area contributed by atoms with Crippen molar-refractivity contribution in [1.29, 1.82) is 0 Å². The maximum absolute atomic E-state index is 3.95. The Hall–Kier alpha value is -1.70. The maximum atomic E-state index is 3.95. The fraction of sp³-hybridized carbons (Fsp3) is 0. The lowest BCUT2D eigenvalue weighted by molar-refractivity contribution is 1.33. The molecular weight excluding hydrogens is 148 g/mol. The molecule has 0 unspecified atom stereocenters. The van der Waals surface area contributed by atoms with Crippen molar-refractivity contribution in [2.45, 2.75) is 0 Å². The van der Waals surface area contributed by atoms with Gasteiger partial charge in [-0.05, 0) is 24.3 Å². The summed E-state index contributed by atoms with van der Waals surface area (Å²) in [6.07, 6.45) is 3.50. The van der Waals surface area contributed by atoms with Crippen LogP contribution in [-0.2, 0) is 0 Å². The lowest BCUT2D eigenvalue weighted by atomic mass is 10.5. The molecule has 0 radical (unpaired) electrons. The maximum Gasteiger partial charge on any atom is 0.0894 e. The van der Waals surface area contributed by atoms with Gasteiger partial charge >= 0.3 is 0 Å². The lowest BCUT2D eigenvalue weighted by Crippen LogP contribution is -1.58. The summed E-state index contributed by atoms with van der Waals surface area (Å²) < 4.78 is 0. The normalized spacial score (nSPS) is 9.67. The highest BCUT2D eigenvalue weighted by Gasteiger charge is 2.10. The Morgan fingerprint density at radius 3 is 1.58 bits per heavy atom. The largest absolute Gasteiger partial charge is 0.265 e. The van der Waals surface area contributed by atoms with Crippen molar-refractivity contribution in [3.05, 3.63) is 48.8 Å². The van der Waals surface area contributed by atoms with Gasteiger partial charge in [0.15, 0.2) is 0 Å². The molecule has 0 saturated heterocycles. The number of pyridine rings is 2. The predicted molar refractivity (Wildman–Crippen MR) is 47.5 cm³/mol. The van der Waals surface area contributed by atoms with Crippen LogP contribution in [0.1, 0.15) is 0 Å². The third-order valence-electron chi connectivity index (χ3n) is 1.53. The van der Waals surface area contributed by atoms with Gasteiger partial charge in [0.05, 0.1) is 11.4 Å². The molecule has 2 heterocycles. The number of aromatic nitrogens is 2. The molecule has 0 bridgehead atoms. The van der Waals surface area contributed by atoms with E-state index in [9.17, 15) is 0 Å². The molecule has 12 heavy (non-hydrogen) atoms. The summed E-state index contributed by atoms with van der Waals surface area (Å²) in [6, 6.07) is 11.7. The van der Waals surface area contributed by atoms with Crippen LogP contribution in [0, 0.1) is 0 Å². The topological polar surface area (TPSA) is 25.8 Å². The monoisotopic (exact) mass is 156 g/mol. The zero-order valence-electron chi connectivity index (χ0n) is 6.51. The first-order chi connectivity index (χ1) is 5.97. The van der Waals surface area contributed by atoms with Gasteiger partial charge in [-0.25, -0.2) is 4.98 Å². The molecule has 1 aromatic rings. The molecule has 2 nitrogen and oxygen atoms in total. The van der Waals surface area contributed by atoms with Gasteiger partial charge < -0.3 is 0 Å². The average Bonchev–Trinajstić information content (AvgIpc) is 2.78. The number of hydrogen-bond donors (Lipinski definition) is 0. The van der Waals surface area contributed by atoms with Crippen LogP contribution in [0.25, 0.3) is 11.4 Å². The molecule has 2 heteroatoms. The number of nitrogens with zero attached hydrogens (tertiary/aromatic N) is 2. The molecule has 58 valence electrons. The molecule has 0 atom stereocenters. The summed E-state index contributed by atoms with van der Waals surface area (Å²) in [4.78, 5) is 7.74. The fourth-order valence-corrected chi connectivity index (χ4v) is 0.890. The molecule has 2 aliphatic rings. The van der Waals surface area contributed by atoms with Gasteiger partial charge in [-0.2, -0.15) is 0 Å². The summed E-state index contributed by atoms with van der Waals surface area (Å²) >= 11 is 0. The van der Waals surface area contributed by atoms with Crippen LogP contribution in [-0.4, -0.2) is 9.97 Å². The van der Waals surface area contributed by atoms with Gasteiger partial charge in [-0.15, -0.1) is 0 Å². The third-order valence-corrected chi connectivity index (χ3v) is 1.53. The van der Waals surface area contributed by atoms with E-state index in [1.165, 1.54) is 11.4 Å². The molecule has 1 aliphatic heterocycles. The Labute approximate surface area is 70.9 Å². The Balaban J connectivity index is 0.0000000939. The Bertz CT molecular complexity index is 313. The van der Waals surface area contributed by atoms with Crippen molar-refractivity contribution in [3.63, 3.8) is 0 Å². The van der Waals surface area contributed by atoms with Crippen LogP contribution < -0.4 is 0 Å². The molecule has 0 N–H and O–H groups in total. The van der Waals surface area contributed by atoms with Gasteiger partial charge in [-0.3, -0.25) is 4.98 Å². The van der Waals surface area contributed by atoms with E-state index >= 15 is 0 Å². The quantitative estimate of drug-likeness (QED) is 0.498. The van der Waals surface area contributed by atoms with Crippen molar-refractivity contribution < 1.29 is 0 Å². The second-order valence-corrected chi connectivity index (χ2v) is 2.43. The van der Waals surface area contributed by atoms with Crippen LogP contribution in [0.15, 0.2) is 48.8 Å². The van der Waals surface area contributed by atoms with E-state index in [-0.39, 0.29) is 0 Å². The molecule has 0 aromatic carbocycles.